The van der Waals surface area contributed by atoms with Crippen LogP contribution in [-0.4, -0.2) is 10.8 Å². The fraction of sp³-hybridized carbons (Fsp3) is 0.200. The number of anilines is 1. The summed E-state index contributed by atoms with van der Waals surface area (Å²) in [6, 6.07) is 9.44. The van der Waals surface area contributed by atoms with Crippen LogP contribution in [0, 0.1) is 6.92 Å². The summed E-state index contributed by atoms with van der Waals surface area (Å²) in [6.45, 7) is 2.31. The Morgan fingerprint density at radius 3 is 2.63 bits per heavy atom. The number of aryl methyl sites for hydroxylation is 1. The van der Waals surface area contributed by atoms with Gasteiger partial charge in [-0.3, -0.25) is 4.79 Å². The van der Waals surface area contributed by atoms with Crippen molar-refractivity contribution in [1.82, 2.24) is 4.98 Å². The van der Waals surface area contributed by atoms with Crippen molar-refractivity contribution in [2.45, 2.75) is 19.9 Å². The van der Waals surface area contributed by atoms with Gasteiger partial charge in [-0.05, 0) is 29.7 Å². The second-order valence-electron chi connectivity index (χ2n) is 4.52. The number of rotatable bonds is 4. The molecular weight excluding hydrogens is 238 g/mol. The lowest BCUT2D eigenvalue weighted by molar-refractivity contribution is 0.0993. The van der Waals surface area contributed by atoms with Crippen LogP contribution in [0.25, 0.3) is 0 Å². The molecule has 0 aliphatic rings. The molecule has 0 aliphatic heterocycles. The zero-order valence-electron chi connectivity index (χ0n) is 10.9. The Balaban J connectivity index is 2.28. The second-order valence-corrected chi connectivity index (χ2v) is 4.52. The van der Waals surface area contributed by atoms with Crippen LogP contribution in [0.1, 0.15) is 27.0 Å². The van der Waals surface area contributed by atoms with Crippen molar-refractivity contribution in [3.63, 3.8) is 0 Å². The summed E-state index contributed by atoms with van der Waals surface area (Å²) in [4.78, 5) is 16.3. The fourth-order valence-electron chi connectivity index (χ4n) is 2.00. The minimum absolute atomic E-state index is 0.0328. The summed E-state index contributed by atoms with van der Waals surface area (Å²) in [5.74, 6) is 0.246. The fourth-order valence-corrected chi connectivity index (χ4v) is 2.00. The average molecular weight is 255 g/mol. The number of carbonyl (C=O) groups excluding carboxylic acids is 1. The first-order chi connectivity index (χ1) is 9.11. The van der Waals surface area contributed by atoms with E-state index in [0.29, 0.717) is 18.5 Å². The summed E-state index contributed by atoms with van der Waals surface area (Å²) in [5.41, 5.74) is 14.8. The van der Waals surface area contributed by atoms with E-state index >= 15 is 0 Å². The number of carbonyl (C=O) groups is 1. The van der Waals surface area contributed by atoms with Gasteiger partial charge in [0.15, 0.2) is 5.78 Å². The van der Waals surface area contributed by atoms with Gasteiger partial charge in [-0.15, -0.1) is 0 Å². The number of benzene rings is 1. The molecule has 0 amide bonds. The van der Waals surface area contributed by atoms with Crippen molar-refractivity contribution < 1.29 is 4.79 Å². The molecule has 0 unspecified atom stereocenters. The Kier molecular flexibility index (Phi) is 3.92. The van der Waals surface area contributed by atoms with Crippen LogP contribution >= 0.6 is 0 Å². The summed E-state index contributed by atoms with van der Waals surface area (Å²) >= 11 is 0. The standard InChI is InChI=1S/C15H17N3O/c1-10-6-13(15(17)18-9-10)14(19)7-11-4-2-3-5-12(11)8-16/h2-6,9H,7-8,16H2,1H3,(H2,17,18). The first-order valence-electron chi connectivity index (χ1n) is 6.14. The zero-order valence-corrected chi connectivity index (χ0v) is 10.9. The highest BCUT2D eigenvalue weighted by Gasteiger charge is 2.13. The smallest absolute Gasteiger partial charge is 0.170 e. The molecule has 1 aromatic heterocycles. The van der Waals surface area contributed by atoms with Gasteiger partial charge in [-0.1, -0.05) is 24.3 Å². The van der Waals surface area contributed by atoms with Crippen LogP contribution in [0.3, 0.4) is 0 Å². The SMILES string of the molecule is Cc1cnc(N)c(C(=O)Cc2ccccc2CN)c1. The quantitative estimate of drug-likeness (QED) is 0.817. The van der Waals surface area contributed by atoms with E-state index in [0.717, 1.165) is 16.7 Å². The summed E-state index contributed by atoms with van der Waals surface area (Å²) in [5, 5.41) is 0. The Hall–Kier alpha value is -2.20. The van der Waals surface area contributed by atoms with Crippen LogP contribution in [-0.2, 0) is 13.0 Å². The van der Waals surface area contributed by atoms with E-state index in [1.165, 1.54) is 0 Å². The van der Waals surface area contributed by atoms with Crippen LogP contribution in [0.2, 0.25) is 0 Å². The first kappa shape index (κ1) is 13.2. The summed E-state index contributed by atoms with van der Waals surface area (Å²) in [6.07, 6.45) is 1.95. The lowest BCUT2D eigenvalue weighted by Crippen LogP contribution is -2.11. The van der Waals surface area contributed by atoms with E-state index in [1.54, 1.807) is 12.3 Å². The van der Waals surface area contributed by atoms with E-state index in [2.05, 4.69) is 4.98 Å². The highest BCUT2D eigenvalue weighted by molar-refractivity contribution is 6.01. The molecule has 0 saturated carbocycles. The van der Waals surface area contributed by atoms with Crippen molar-refractivity contribution in [2.75, 3.05) is 5.73 Å². The van der Waals surface area contributed by atoms with Crippen LogP contribution in [0.4, 0.5) is 5.82 Å². The molecule has 0 spiro atoms. The third-order valence-electron chi connectivity index (χ3n) is 3.04. The van der Waals surface area contributed by atoms with E-state index in [1.807, 2.05) is 31.2 Å². The number of hydrogen-bond acceptors (Lipinski definition) is 4. The number of nitrogens with two attached hydrogens (primary N) is 2. The molecule has 4 N–H and O–H groups in total. The third-order valence-corrected chi connectivity index (χ3v) is 3.04. The number of Topliss-reactive ketones (excluding diaryl/α,β-unsaturated/α-hetero) is 1. The minimum Gasteiger partial charge on any atom is -0.383 e. The van der Waals surface area contributed by atoms with Crippen molar-refractivity contribution in [3.05, 3.63) is 58.8 Å². The molecule has 0 saturated heterocycles. The van der Waals surface area contributed by atoms with Crippen molar-refractivity contribution in [2.24, 2.45) is 5.73 Å². The molecule has 0 bridgehead atoms. The maximum atomic E-state index is 12.3. The highest BCUT2D eigenvalue weighted by Crippen LogP contribution is 2.16. The predicted molar refractivity (Wildman–Crippen MR) is 75.8 cm³/mol. The summed E-state index contributed by atoms with van der Waals surface area (Å²) in [7, 11) is 0. The minimum atomic E-state index is -0.0328. The van der Waals surface area contributed by atoms with Gasteiger partial charge in [0.2, 0.25) is 0 Å². The molecule has 0 aliphatic carbocycles. The topological polar surface area (TPSA) is 82.0 Å². The molecule has 4 nitrogen and oxygen atoms in total. The van der Waals surface area contributed by atoms with Gasteiger partial charge in [0.05, 0.1) is 5.56 Å². The van der Waals surface area contributed by atoms with Crippen LogP contribution < -0.4 is 11.5 Å². The van der Waals surface area contributed by atoms with Crippen molar-refractivity contribution in [3.8, 4) is 0 Å². The lowest BCUT2D eigenvalue weighted by atomic mass is 9.98. The number of nitrogen functional groups attached to an aromatic ring is 1. The molecule has 19 heavy (non-hydrogen) atoms. The maximum Gasteiger partial charge on any atom is 0.170 e. The number of nitrogens with zero attached hydrogens (tertiary/aromatic N) is 1. The number of pyridine rings is 1. The largest absolute Gasteiger partial charge is 0.383 e. The summed E-state index contributed by atoms with van der Waals surface area (Å²) < 4.78 is 0. The van der Waals surface area contributed by atoms with E-state index in [4.69, 9.17) is 11.5 Å². The van der Waals surface area contributed by atoms with Gasteiger partial charge in [0, 0.05) is 19.2 Å². The number of aromatic nitrogens is 1. The molecule has 4 heteroatoms. The Morgan fingerprint density at radius 1 is 1.26 bits per heavy atom. The van der Waals surface area contributed by atoms with Gasteiger partial charge in [0.25, 0.3) is 0 Å². The molecule has 1 heterocycles. The maximum absolute atomic E-state index is 12.3. The monoisotopic (exact) mass is 255 g/mol. The van der Waals surface area contributed by atoms with Gasteiger partial charge < -0.3 is 11.5 Å². The lowest BCUT2D eigenvalue weighted by Gasteiger charge is -2.08. The normalized spacial score (nSPS) is 10.4. The zero-order chi connectivity index (χ0) is 13.8. The predicted octanol–water partition coefficient (Wildman–Crippen LogP) is 1.86. The number of ketones is 1. The Labute approximate surface area is 112 Å². The first-order valence-corrected chi connectivity index (χ1v) is 6.14. The Bertz CT molecular complexity index is 608. The molecule has 2 aromatic rings. The van der Waals surface area contributed by atoms with Gasteiger partial charge in [-0.25, -0.2) is 4.98 Å². The molecule has 98 valence electrons. The van der Waals surface area contributed by atoms with E-state index in [-0.39, 0.29) is 11.6 Å². The molecule has 2 rings (SSSR count). The van der Waals surface area contributed by atoms with E-state index < -0.39 is 0 Å². The van der Waals surface area contributed by atoms with Crippen molar-refractivity contribution in [1.29, 1.82) is 0 Å². The average Bonchev–Trinajstić information content (AvgIpc) is 2.42. The molecule has 0 radical (unpaired) electrons. The number of hydrogen-bond donors (Lipinski definition) is 2. The highest BCUT2D eigenvalue weighted by atomic mass is 16.1. The van der Waals surface area contributed by atoms with E-state index in [9.17, 15) is 4.79 Å². The van der Waals surface area contributed by atoms with Gasteiger partial charge >= 0.3 is 0 Å². The second kappa shape index (κ2) is 5.63. The van der Waals surface area contributed by atoms with Gasteiger partial charge in [-0.2, -0.15) is 0 Å². The Morgan fingerprint density at radius 2 is 1.95 bits per heavy atom. The molecule has 1 aromatic carbocycles. The molecule has 0 fully saturated rings. The van der Waals surface area contributed by atoms with Crippen LogP contribution in [0.15, 0.2) is 36.5 Å². The third kappa shape index (κ3) is 2.98. The van der Waals surface area contributed by atoms with Gasteiger partial charge in [0.1, 0.15) is 5.82 Å². The van der Waals surface area contributed by atoms with Crippen LogP contribution in [0.5, 0.6) is 0 Å². The van der Waals surface area contributed by atoms with Crippen molar-refractivity contribution >= 4 is 11.6 Å². The molecule has 0 atom stereocenters. The molecular formula is C15H17N3O.